The fourth-order valence-electron chi connectivity index (χ4n) is 1.25. The Kier molecular flexibility index (Phi) is 4.23. The average Bonchev–Trinajstić information content (AvgIpc) is 2.15. The van der Waals surface area contributed by atoms with Crippen molar-refractivity contribution in [2.45, 2.75) is 6.43 Å². The summed E-state index contributed by atoms with van der Waals surface area (Å²) in [6, 6.07) is 4.26. The molecule has 1 N–H and O–H groups in total. The molecule has 0 aliphatic heterocycles. The van der Waals surface area contributed by atoms with E-state index in [1.807, 2.05) is 0 Å². The highest BCUT2D eigenvalue weighted by Crippen LogP contribution is 2.27. The first kappa shape index (κ1) is 12.9. The summed E-state index contributed by atoms with van der Waals surface area (Å²) in [5, 5.41) is 8.73. The van der Waals surface area contributed by atoms with Gasteiger partial charge in [-0.1, -0.05) is 0 Å². The van der Waals surface area contributed by atoms with Gasteiger partial charge in [0.05, 0.1) is 17.8 Å². The summed E-state index contributed by atoms with van der Waals surface area (Å²) in [6.07, 6.45) is -2.43. The van der Waals surface area contributed by atoms with Crippen molar-refractivity contribution in [2.24, 2.45) is 0 Å². The molecule has 0 amide bonds. The lowest BCUT2D eigenvalue weighted by molar-refractivity contribution is 0.0696. The first-order chi connectivity index (χ1) is 7.41. The molecular weight excluding hydrogens is 284 g/mol. The SMILES string of the molecule is CN(CC(F)F)c1ccc(C(=O)O)cc1Br. The monoisotopic (exact) mass is 293 g/mol. The van der Waals surface area contributed by atoms with Crippen LogP contribution in [0.15, 0.2) is 22.7 Å². The van der Waals surface area contributed by atoms with Gasteiger partial charge in [-0.3, -0.25) is 0 Å². The average molecular weight is 294 g/mol. The van der Waals surface area contributed by atoms with Gasteiger partial charge in [-0.15, -0.1) is 0 Å². The van der Waals surface area contributed by atoms with Crippen LogP contribution < -0.4 is 4.90 Å². The second-order valence-electron chi connectivity index (χ2n) is 3.24. The van der Waals surface area contributed by atoms with Gasteiger partial charge in [0.25, 0.3) is 6.43 Å². The van der Waals surface area contributed by atoms with Crippen LogP contribution in [0, 0.1) is 0 Å². The zero-order chi connectivity index (χ0) is 12.3. The molecule has 88 valence electrons. The first-order valence-corrected chi connectivity index (χ1v) is 5.23. The van der Waals surface area contributed by atoms with E-state index >= 15 is 0 Å². The summed E-state index contributed by atoms with van der Waals surface area (Å²) in [5.74, 6) is -1.05. The quantitative estimate of drug-likeness (QED) is 0.928. The molecule has 0 aliphatic carbocycles. The van der Waals surface area contributed by atoms with Gasteiger partial charge in [-0.25, -0.2) is 13.6 Å². The maximum absolute atomic E-state index is 12.2. The maximum Gasteiger partial charge on any atom is 0.335 e. The Morgan fingerprint density at radius 3 is 2.62 bits per heavy atom. The zero-order valence-electron chi connectivity index (χ0n) is 8.45. The summed E-state index contributed by atoms with van der Waals surface area (Å²) in [4.78, 5) is 12.0. The number of hydrogen-bond acceptors (Lipinski definition) is 2. The molecule has 0 fully saturated rings. The lowest BCUT2D eigenvalue weighted by atomic mass is 10.2. The van der Waals surface area contributed by atoms with Gasteiger partial charge in [0.1, 0.15) is 0 Å². The van der Waals surface area contributed by atoms with Crippen molar-refractivity contribution >= 4 is 27.6 Å². The Labute approximate surface area is 99.8 Å². The standard InChI is InChI=1S/C10H10BrF2NO2/c1-14(5-9(12)13)8-3-2-6(10(15)16)4-7(8)11/h2-4,9H,5H2,1H3,(H,15,16). The van der Waals surface area contributed by atoms with E-state index in [-0.39, 0.29) is 5.56 Å². The van der Waals surface area contributed by atoms with Gasteiger partial charge in [-0.05, 0) is 34.1 Å². The summed E-state index contributed by atoms with van der Waals surface area (Å²) >= 11 is 3.16. The summed E-state index contributed by atoms with van der Waals surface area (Å²) in [5.41, 5.74) is 0.645. The van der Waals surface area contributed by atoms with E-state index in [4.69, 9.17) is 5.11 Å². The predicted molar refractivity (Wildman–Crippen MR) is 60.4 cm³/mol. The van der Waals surface area contributed by atoms with Gasteiger partial charge >= 0.3 is 5.97 Å². The number of alkyl halides is 2. The number of nitrogens with zero attached hydrogens (tertiary/aromatic N) is 1. The second-order valence-corrected chi connectivity index (χ2v) is 4.10. The number of benzene rings is 1. The Balaban J connectivity index is 2.94. The van der Waals surface area contributed by atoms with Crippen molar-refractivity contribution in [1.82, 2.24) is 0 Å². The molecule has 0 aromatic heterocycles. The van der Waals surface area contributed by atoms with Gasteiger partial charge < -0.3 is 10.0 Å². The molecular formula is C10H10BrF2NO2. The van der Waals surface area contributed by atoms with Crippen LogP contribution in [-0.4, -0.2) is 31.1 Å². The molecule has 0 radical (unpaired) electrons. The van der Waals surface area contributed by atoms with E-state index in [0.29, 0.717) is 10.2 Å². The van der Waals surface area contributed by atoms with Crippen LogP contribution >= 0.6 is 15.9 Å². The molecule has 6 heteroatoms. The molecule has 0 unspecified atom stereocenters. The van der Waals surface area contributed by atoms with E-state index < -0.39 is 18.9 Å². The summed E-state index contributed by atoms with van der Waals surface area (Å²) in [7, 11) is 1.52. The maximum atomic E-state index is 12.2. The molecule has 0 aliphatic rings. The van der Waals surface area contributed by atoms with Crippen LogP contribution in [0.5, 0.6) is 0 Å². The van der Waals surface area contributed by atoms with Crippen molar-refractivity contribution in [3.63, 3.8) is 0 Å². The van der Waals surface area contributed by atoms with E-state index in [9.17, 15) is 13.6 Å². The van der Waals surface area contributed by atoms with Crippen molar-refractivity contribution in [2.75, 3.05) is 18.5 Å². The zero-order valence-corrected chi connectivity index (χ0v) is 10.0. The van der Waals surface area contributed by atoms with Crippen molar-refractivity contribution < 1.29 is 18.7 Å². The van der Waals surface area contributed by atoms with Crippen LogP contribution in [0.1, 0.15) is 10.4 Å². The van der Waals surface area contributed by atoms with Crippen LogP contribution in [0.4, 0.5) is 14.5 Å². The molecule has 0 saturated carbocycles. The minimum absolute atomic E-state index is 0.112. The van der Waals surface area contributed by atoms with E-state index in [2.05, 4.69) is 15.9 Å². The highest BCUT2D eigenvalue weighted by molar-refractivity contribution is 9.10. The van der Waals surface area contributed by atoms with Gasteiger partial charge in [0.15, 0.2) is 0 Å². The second kappa shape index (κ2) is 5.25. The van der Waals surface area contributed by atoms with E-state index in [0.717, 1.165) is 0 Å². The molecule has 3 nitrogen and oxygen atoms in total. The molecule has 1 rings (SSSR count). The van der Waals surface area contributed by atoms with Crippen LogP contribution in [0.25, 0.3) is 0 Å². The molecule has 1 aromatic rings. The summed E-state index contributed by atoms with van der Waals surface area (Å²) in [6.45, 7) is -0.398. The molecule has 0 atom stereocenters. The largest absolute Gasteiger partial charge is 0.478 e. The number of carboxylic acid groups (broad SMARTS) is 1. The Morgan fingerprint density at radius 1 is 1.56 bits per heavy atom. The van der Waals surface area contributed by atoms with Crippen LogP contribution in [0.2, 0.25) is 0 Å². The van der Waals surface area contributed by atoms with Crippen molar-refractivity contribution in [3.8, 4) is 0 Å². The lowest BCUT2D eigenvalue weighted by Crippen LogP contribution is -2.24. The first-order valence-electron chi connectivity index (χ1n) is 4.44. The van der Waals surface area contributed by atoms with Crippen molar-refractivity contribution in [1.29, 1.82) is 0 Å². The fraction of sp³-hybridized carbons (Fsp3) is 0.300. The topological polar surface area (TPSA) is 40.5 Å². The number of carbonyl (C=O) groups is 1. The lowest BCUT2D eigenvalue weighted by Gasteiger charge is -2.20. The smallest absolute Gasteiger partial charge is 0.335 e. The third-order valence-corrected chi connectivity index (χ3v) is 2.65. The number of rotatable bonds is 4. The van der Waals surface area contributed by atoms with Gasteiger partial charge in [0, 0.05) is 11.5 Å². The Morgan fingerprint density at radius 2 is 2.19 bits per heavy atom. The minimum atomic E-state index is -2.43. The highest BCUT2D eigenvalue weighted by atomic mass is 79.9. The number of carboxylic acids is 1. The molecule has 0 saturated heterocycles. The number of aromatic carboxylic acids is 1. The highest BCUT2D eigenvalue weighted by Gasteiger charge is 2.13. The Bertz CT molecular complexity index is 398. The summed E-state index contributed by atoms with van der Waals surface area (Å²) < 4.78 is 24.8. The number of halogens is 3. The van der Waals surface area contributed by atoms with Gasteiger partial charge in [0.2, 0.25) is 0 Å². The number of hydrogen-bond donors (Lipinski definition) is 1. The molecule has 0 spiro atoms. The third kappa shape index (κ3) is 3.16. The van der Waals surface area contributed by atoms with Crippen LogP contribution in [-0.2, 0) is 0 Å². The van der Waals surface area contributed by atoms with Crippen molar-refractivity contribution in [3.05, 3.63) is 28.2 Å². The molecule has 0 heterocycles. The predicted octanol–water partition coefficient (Wildman–Crippen LogP) is 2.85. The third-order valence-electron chi connectivity index (χ3n) is 2.02. The number of anilines is 1. The molecule has 0 bridgehead atoms. The van der Waals surface area contributed by atoms with E-state index in [1.165, 1.54) is 30.1 Å². The molecule has 1 aromatic carbocycles. The van der Waals surface area contributed by atoms with E-state index in [1.54, 1.807) is 0 Å². The molecule has 16 heavy (non-hydrogen) atoms. The normalized spacial score (nSPS) is 10.6. The fourth-order valence-corrected chi connectivity index (χ4v) is 1.94. The van der Waals surface area contributed by atoms with Gasteiger partial charge in [-0.2, -0.15) is 0 Å². The minimum Gasteiger partial charge on any atom is -0.478 e. The van der Waals surface area contributed by atoms with Crippen LogP contribution in [0.3, 0.4) is 0 Å². The Hall–Kier alpha value is -1.17.